The van der Waals surface area contributed by atoms with Crippen molar-refractivity contribution in [3.63, 3.8) is 0 Å². The molecular weight excluding hydrogens is 238 g/mol. The minimum atomic E-state index is -0.199. The third-order valence-corrected chi connectivity index (χ3v) is 3.17. The van der Waals surface area contributed by atoms with Gasteiger partial charge in [-0.3, -0.25) is 9.63 Å². The zero-order valence-corrected chi connectivity index (χ0v) is 11.0. The van der Waals surface area contributed by atoms with Gasteiger partial charge in [0.2, 0.25) is 0 Å². The summed E-state index contributed by atoms with van der Waals surface area (Å²) in [6.45, 7) is 4.12. The number of methoxy groups -OCH3 is 1. The molecule has 0 saturated heterocycles. The zero-order chi connectivity index (χ0) is 12.7. The summed E-state index contributed by atoms with van der Waals surface area (Å²) in [5, 5.41) is -0.199. The molecule has 0 aliphatic heterocycles. The second kappa shape index (κ2) is 7.19. The molecule has 0 heterocycles. The third-order valence-electron chi connectivity index (χ3n) is 2.06. The van der Waals surface area contributed by atoms with Crippen molar-refractivity contribution in [3.8, 4) is 5.75 Å². The highest BCUT2D eigenvalue weighted by Crippen LogP contribution is 2.25. The Kier molecular flexibility index (Phi) is 5.86. The van der Waals surface area contributed by atoms with E-state index in [1.165, 1.54) is 11.8 Å². The summed E-state index contributed by atoms with van der Waals surface area (Å²) in [6, 6.07) is 7.59. The first kappa shape index (κ1) is 13.9. The van der Waals surface area contributed by atoms with Gasteiger partial charge in [0.25, 0.3) is 5.91 Å². The highest BCUT2D eigenvalue weighted by Gasteiger charge is 2.14. The van der Waals surface area contributed by atoms with Gasteiger partial charge in [-0.15, -0.1) is 11.8 Å². The number of carbonyl (C=O) groups is 1. The van der Waals surface area contributed by atoms with Gasteiger partial charge >= 0.3 is 0 Å². The predicted molar refractivity (Wildman–Crippen MR) is 68.1 cm³/mol. The van der Waals surface area contributed by atoms with Crippen molar-refractivity contribution in [2.75, 3.05) is 13.7 Å². The first-order valence-electron chi connectivity index (χ1n) is 5.39. The van der Waals surface area contributed by atoms with Gasteiger partial charge in [0.15, 0.2) is 0 Å². The summed E-state index contributed by atoms with van der Waals surface area (Å²) >= 11 is 1.47. The number of hydroxylamine groups is 1. The molecule has 0 saturated carbocycles. The maximum absolute atomic E-state index is 11.5. The smallest absolute Gasteiger partial charge is 0.256 e. The fraction of sp³-hybridized carbons (Fsp3) is 0.417. The van der Waals surface area contributed by atoms with Gasteiger partial charge in [-0.1, -0.05) is 0 Å². The molecule has 5 heteroatoms. The Morgan fingerprint density at radius 2 is 2.06 bits per heavy atom. The van der Waals surface area contributed by atoms with Crippen LogP contribution in [-0.4, -0.2) is 24.9 Å². The second-order valence-electron chi connectivity index (χ2n) is 3.33. The minimum absolute atomic E-state index is 0.132. The minimum Gasteiger partial charge on any atom is -0.497 e. The Labute approximate surface area is 106 Å². The molecule has 0 aromatic heterocycles. The van der Waals surface area contributed by atoms with E-state index in [0.29, 0.717) is 6.61 Å². The molecular formula is C12H17NO3S. The second-order valence-corrected chi connectivity index (χ2v) is 4.75. The van der Waals surface area contributed by atoms with Gasteiger partial charge in [-0.25, -0.2) is 5.48 Å². The first-order chi connectivity index (χ1) is 8.17. The standard InChI is InChI=1S/C12H17NO3S/c1-4-16-13-12(14)9(2)17-11-7-5-10(15-3)6-8-11/h5-9H,4H2,1-3H3,(H,13,14). The molecule has 0 fully saturated rings. The monoisotopic (exact) mass is 255 g/mol. The Morgan fingerprint density at radius 1 is 1.41 bits per heavy atom. The highest BCUT2D eigenvalue weighted by atomic mass is 32.2. The highest BCUT2D eigenvalue weighted by molar-refractivity contribution is 8.00. The third kappa shape index (κ3) is 4.66. The van der Waals surface area contributed by atoms with Crippen LogP contribution in [0.4, 0.5) is 0 Å². The maximum Gasteiger partial charge on any atom is 0.256 e. The number of thioether (sulfide) groups is 1. The average Bonchev–Trinajstić information content (AvgIpc) is 2.36. The van der Waals surface area contributed by atoms with Gasteiger partial charge in [0, 0.05) is 4.90 Å². The molecule has 1 unspecified atom stereocenters. The lowest BCUT2D eigenvalue weighted by Crippen LogP contribution is -2.30. The largest absolute Gasteiger partial charge is 0.497 e. The molecule has 4 nitrogen and oxygen atoms in total. The van der Waals surface area contributed by atoms with Crippen LogP contribution in [0.3, 0.4) is 0 Å². The number of hydrogen-bond acceptors (Lipinski definition) is 4. The maximum atomic E-state index is 11.5. The molecule has 0 aliphatic rings. The van der Waals surface area contributed by atoms with E-state index in [1.54, 1.807) is 7.11 Å². The molecule has 1 amide bonds. The van der Waals surface area contributed by atoms with Crippen LogP contribution in [0.25, 0.3) is 0 Å². The molecule has 0 bridgehead atoms. The number of amides is 1. The Morgan fingerprint density at radius 3 is 2.59 bits per heavy atom. The molecule has 0 spiro atoms. The van der Waals surface area contributed by atoms with E-state index in [0.717, 1.165) is 10.6 Å². The van der Waals surface area contributed by atoms with Crippen molar-refractivity contribution in [1.29, 1.82) is 0 Å². The lowest BCUT2D eigenvalue weighted by atomic mass is 10.3. The normalized spacial score (nSPS) is 11.9. The Bertz CT molecular complexity index is 353. The summed E-state index contributed by atoms with van der Waals surface area (Å²) in [5.41, 5.74) is 2.39. The van der Waals surface area contributed by atoms with E-state index in [1.807, 2.05) is 38.1 Å². The van der Waals surface area contributed by atoms with Crippen molar-refractivity contribution in [1.82, 2.24) is 5.48 Å². The predicted octanol–water partition coefficient (Wildman–Crippen LogP) is 2.24. The van der Waals surface area contributed by atoms with Crippen molar-refractivity contribution in [3.05, 3.63) is 24.3 Å². The number of nitrogens with one attached hydrogen (secondary N) is 1. The lowest BCUT2D eigenvalue weighted by molar-refractivity contribution is -0.132. The summed E-state index contributed by atoms with van der Waals surface area (Å²) in [7, 11) is 1.63. The van der Waals surface area contributed by atoms with Gasteiger partial charge in [0.1, 0.15) is 5.75 Å². The van der Waals surface area contributed by atoms with E-state index < -0.39 is 0 Å². The number of carbonyl (C=O) groups excluding carboxylic acids is 1. The molecule has 1 aromatic rings. The number of hydrogen-bond donors (Lipinski definition) is 1. The fourth-order valence-corrected chi connectivity index (χ4v) is 1.99. The van der Waals surface area contributed by atoms with Crippen LogP contribution in [0, 0.1) is 0 Å². The lowest BCUT2D eigenvalue weighted by Gasteiger charge is -2.11. The fourth-order valence-electron chi connectivity index (χ4n) is 1.14. The van der Waals surface area contributed by atoms with Crippen LogP contribution in [0.15, 0.2) is 29.2 Å². The van der Waals surface area contributed by atoms with Crippen LogP contribution < -0.4 is 10.2 Å². The van der Waals surface area contributed by atoms with E-state index in [4.69, 9.17) is 9.57 Å². The zero-order valence-electron chi connectivity index (χ0n) is 10.2. The molecule has 0 aliphatic carbocycles. The Hall–Kier alpha value is -1.20. The number of ether oxygens (including phenoxy) is 1. The van der Waals surface area contributed by atoms with Crippen LogP contribution in [-0.2, 0) is 9.63 Å². The summed E-state index contributed by atoms with van der Waals surface area (Å²) < 4.78 is 5.07. The van der Waals surface area contributed by atoms with Gasteiger partial charge in [0.05, 0.1) is 19.0 Å². The molecule has 1 atom stereocenters. The molecule has 1 rings (SSSR count). The van der Waals surface area contributed by atoms with Crippen molar-refractivity contribution in [2.24, 2.45) is 0 Å². The van der Waals surface area contributed by atoms with E-state index in [9.17, 15) is 4.79 Å². The van der Waals surface area contributed by atoms with E-state index in [-0.39, 0.29) is 11.2 Å². The van der Waals surface area contributed by atoms with Gasteiger partial charge < -0.3 is 4.74 Å². The number of benzene rings is 1. The molecule has 1 aromatic carbocycles. The molecule has 1 N–H and O–H groups in total. The summed E-state index contributed by atoms with van der Waals surface area (Å²) in [5.74, 6) is 0.674. The van der Waals surface area contributed by atoms with Crippen molar-refractivity contribution >= 4 is 17.7 Å². The van der Waals surface area contributed by atoms with E-state index in [2.05, 4.69) is 5.48 Å². The summed E-state index contributed by atoms with van der Waals surface area (Å²) in [4.78, 5) is 17.4. The van der Waals surface area contributed by atoms with Crippen molar-refractivity contribution in [2.45, 2.75) is 24.0 Å². The molecule has 0 radical (unpaired) electrons. The number of rotatable bonds is 6. The molecule has 94 valence electrons. The molecule has 17 heavy (non-hydrogen) atoms. The van der Waals surface area contributed by atoms with E-state index >= 15 is 0 Å². The Balaban J connectivity index is 2.49. The topological polar surface area (TPSA) is 47.6 Å². The first-order valence-corrected chi connectivity index (χ1v) is 6.27. The van der Waals surface area contributed by atoms with Crippen molar-refractivity contribution < 1.29 is 14.4 Å². The van der Waals surface area contributed by atoms with Gasteiger partial charge in [-0.05, 0) is 38.1 Å². The van der Waals surface area contributed by atoms with Crippen LogP contribution in [0.1, 0.15) is 13.8 Å². The SMILES string of the molecule is CCONC(=O)C(C)Sc1ccc(OC)cc1. The van der Waals surface area contributed by atoms with Crippen LogP contribution in [0.5, 0.6) is 5.75 Å². The van der Waals surface area contributed by atoms with Gasteiger partial charge in [-0.2, -0.15) is 0 Å². The average molecular weight is 255 g/mol. The quantitative estimate of drug-likeness (QED) is 0.625. The summed E-state index contributed by atoms with van der Waals surface area (Å²) in [6.07, 6.45) is 0. The van der Waals surface area contributed by atoms with Crippen LogP contribution >= 0.6 is 11.8 Å². The van der Waals surface area contributed by atoms with Crippen LogP contribution in [0.2, 0.25) is 0 Å².